The molecule has 2 N–H and O–H groups in total. The van der Waals surface area contributed by atoms with Gasteiger partial charge in [-0.3, -0.25) is 4.21 Å². The highest BCUT2D eigenvalue weighted by atomic mass is 35.5. The standard InChI is InChI=1S/C24H29ClN4O2S/c25-19-8-6-18(7-9-19)17-4-1-13-29(14-10-17)23-26-20-5-2-15-32(31)21(20)22(27-23)28-24(16-30)11-3-12-24/h4,6-9,30H,1-3,5,10-16H2,(H,26,27,28)/t32-/m1/s1. The molecule has 1 fully saturated rings. The van der Waals surface area contributed by atoms with Gasteiger partial charge in [-0.15, -0.1) is 0 Å². The lowest BCUT2D eigenvalue weighted by Crippen LogP contribution is -2.49. The third-order valence-electron chi connectivity index (χ3n) is 6.83. The van der Waals surface area contributed by atoms with Gasteiger partial charge in [0.2, 0.25) is 5.95 Å². The third kappa shape index (κ3) is 4.30. The van der Waals surface area contributed by atoms with Crippen molar-refractivity contribution in [2.75, 3.05) is 35.7 Å². The Balaban J connectivity index is 1.42. The van der Waals surface area contributed by atoms with Crippen molar-refractivity contribution in [3.8, 4) is 0 Å². The monoisotopic (exact) mass is 472 g/mol. The third-order valence-corrected chi connectivity index (χ3v) is 8.63. The number of benzene rings is 1. The molecule has 8 heteroatoms. The number of hydrogen-bond donors (Lipinski definition) is 2. The maximum atomic E-state index is 12.9. The predicted octanol–water partition coefficient (Wildman–Crippen LogP) is 4.19. The van der Waals surface area contributed by atoms with E-state index in [9.17, 15) is 9.32 Å². The van der Waals surface area contributed by atoms with E-state index in [1.54, 1.807) is 0 Å². The molecule has 3 heterocycles. The molecule has 5 rings (SSSR count). The zero-order chi connectivity index (χ0) is 22.1. The molecule has 0 bridgehead atoms. The molecule has 1 aromatic heterocycles. The molecule has 1 saturated carbocycles. The molecule has 0 saturated heterocycles. The van der Waals surface area contributed by atoms with Gasteiger partial charge in [-0.1, -0.05) is 29.8 Å². The summed E-state index contributed by atoms with van der Waals surface area (Å²) in [5.41, 5.74) is 3.07. The summed E-state index contributed by atoms with van der Waals surface area (Å²) in [6.45, 7) is 1.72. The molecule has 0 unspecified atom stereocenters. The van der Waals surface area contributed by atoms with Gasteiger partial charge in [-0.2, -0.15) is 4.98 Å². The number of nitrogens with zero attached hydrogens (tertiary/aromatic N) is 3. The van der Waals surface area contributed by atoms with E-state index in [-0.39, 0.29) is 12.1 Å². The Morgan fingerprint density at radius 3 is 2.66 bits per heavy atom. The average molecular weight is 473 g/mol. The number of hydrogen-bond acceptors (Lipinski definition) is 6. The second-order valence-corrected chi connectivity index (χ2v) is 10.9. The molecule has 6 nitrogen and oxygen atoms in total. The fourth-order valence-corrected chi connectivity index (χ4v) is 6.22. The lowest BCUT2D eigenvalue weighted by Gasteiger charge is -2.42. The zero-order valence-electron chi connectivity index (χ0n) is 18.1. The number of aromatic nitrogens is 2. The van der Waals surface area contributed by atoms with Gasteiger partial charge in [0.05, 0.1) is 28.6 Å². The smallest absolute Gasteiger partial charge is 0.227 e. The minimum absolute atomic E-state index is 0.0613. The van der Waals surface area contributed by atoms with E-state index < -0.39 is 10.8 Å². The van der Waals surface area contributed by atoms with Crippen LogP contribution in [0.25, 0.3) is 5.57 Å². The maximum Gasteiger partial charge on any atom is 0.227 e. The Bertz CT molecular complexity index is 1050. The number of halogens is 1. The fourth-order valence-electron chi connectivity index (χ4n) is 4.76. The summed E-state index contributed by atoms with van der Waals surface area (Å²) in [7, 11) is -1.10. The van der Waals surface area contributed by atoms with Crippen molar-refractivity contribution < 1.29 is 9.32 Å². The summed E-state index contributed by atoms with van der Waals surface area (Å²) in [6, 6.07) is 8.01. The van der Waals surface area contributed by atoms with Crippen molar-refractivity contribution in [3.05, 3.63) is 46.6 Å². The van der Waals surface area contributed by atoms with E-state index in [1.807, 2.05) is 12.1 Å². The molecular formula is C24H29ClN4O2S. The summed E-state index contributed by atoms with van der Waals surface area (Å²) in [5, 5.41) is 14.2. The zero-order valence-corrected chi connectivity index (χ0v) is 19.7. The van der Waals surface area contributed by atoms with Crippen molar-refractivity contribution in [2.24, 2.45) is 0 Å². The molecule has 2 aliphatic heterocycles. The molecule has 1 atom stereocenters. The first-order chi connectivity index (χ1) is 15.6. The number of nitrogens with one attached hydrogen (secondary N) is 1. The molecule has 32 heavy (non-hydrogen) atoms. The number of fused-ring (bicyclic) bond motifs is 1. The van der Waals surface area contributed by atoms with Crippen molar-refractivity contribution in [1.82, 2.24) is 9.97 Å². The first kappa shape index (κ1) is 21.9. The van der Waals surface area contributed by atoms with Gasteiger partial charge in [0, 0.05) is 23.9 Å². The minimum atomic E-state index is -1.10. The van der Waals surface area contributed by atoms with Crippen LogP contribution in [0, 0.1) is 0 Å². The molecule has 0 radical (unpaired) electrons. The number of rotatable bonds is 5. The molecule has 1 aliphatic carbocycles. The number of aliphatic hydroxyl groups excluding tert-OH is 1. The lowest BCUT2D eigenvalue weighted by atomic mass is 9.77. The van der Waals surface area contributed by atoms with Gasteiger partial charge in [-0.25, -0.2) is 4.98 Å². The van der Waals surface area contributed by atoms with Gasteiger partial charge >= 0.3 is 0 Å². The Labute approximate surface area is 196 Å². The van der Waals surface area contributed by atoms with Crippen molar-refractivity contribution in [1.29, 1.82) is 0 Å². The predicted molar refractivity (Wildman–Crippen MR) is 130 cm³/mol. The molecule has 1 aromatic carbocycles. The summed E-state index contributed by atoms with van der Waals surface area (Å²) in [4.78, 5) is 12.7. The quantitative estimate of drug-likeness (QED) is 0.679. The van der Waals surface area contributed by atoms with Crippen LogP contribution in [0.1, 0.15) is 49.8 Å². The number of aliphatic hydroxyl groups is 1. The second-order valence-electron chi connectivity index (χ2n) is 8.98. The highest BCUT2D eigenvalue weighted by Crippen LogP contribution is 2.38. The van der Waals surface area contributed by atoms with Gasteiger partial charge in [0.25, 0.3) is 0 Å². The van der Waals surface area contributed by atoms with E-state index in [1.165, 1.54) is 11.1 Å². The van der Waals surface area contributed by atoms with Gasteiger partial charge in [0.1, 0.15) is 10.7 Å². The molecule has 3 aliphatic rings. The van der Waals surface area contributed by atoms with Gasteiger partial charge < -0.3 is 15.3 Å². The summed E-state index contributed by atoms with van der Waals surface area (Å²) >= 11 is 6.05. The second kappa shape index (κ2) is 9.12. The Morgan fingerprint density at radius 1 is 1.12 bits per heavy atom. The van der Waals surface area contributed by atoms with Gasteiger partial charge in [0.15, 0.2) is 0 Å². The first-order valence-electron chi connectivity index (χ1n) is 11.5. The van der Waals surface area contributed by atoms with Crippen LogP contribution < -0.4 is 10.2 Å². The van der Waals surface area contributed by atoms with E-state index in [0.29, 0.717) is 17.5 Å². The van der Waals surface area contributed by atoms with Crippen LogP contribution in [0.15, 0.2) is 35.2 Å². The van der Waals surface area contributed by atoms with Crippen LogP contribution in [-0.2, 0) is 17.2 Å². The summed E-state index contributed by atoms with van der Waals surface area (Å²) in [6.07, 6.45) is 8.70. The summed E-state index contributed by atoms with van der Waals surface area (Å²) < 4.78 is 12.9. The van der Waals surface area contributed by atoms with Crippen LogP contribution in [0.2, 0.25) is 5.02 Å². The average Bonchev–Trinajstić information content (AvgIpc) is 3.03. The first-order valence-corrected chi connectivity index (χ1v) is 13.1. The molecule has 170 valence electrons. The van der Waals surface area contributed by atoms with E-state index in [0.717, 1.165) is 73.6 Å². The van der Waals surface area contributed by atoms with Crippen molar-refractivity contribution in [3.63, 3.8) is 0 Å². The largest absolute Gasteiger partial charge is 0.394 e. The Morgan fingerprint density at radius 2 is 1.94 bits per heavy atom. The Hall–Kier alpha value is -1.96. The Kier molecular flexibility index (Phi) is 6.23. The van der Waals surface area contributed by atoms with Crippen LogP contribution in [0.3, 0.4) is 0 Å². The molecule has 0 amide bonds. The number of anilines is 2. The lowest BCUT2D eigenvalue weighted by molar-refractivity contribution is 0.143. The van der Waals surface area contributed by atoms with Crippen LogP contribution in [0.5, 0.6) is 0 Å². The van der Waals surface area contributed by atoms with Crippen LogP contribution in [0.4, 0.5) is 11.8 Å². The van der Waals surface area contributed by atoms with Crippen LogP contribution >= 0.6 is 11.6 Å². The summed E-state index contributed by atoms with van der Waals surface area (Å²) in [5.74, 6) is 2.00. The topological polar surface area (TPSA) is 78.4 Å². The molecular weight excluding hydrogens is 444 g/mol. The van der Waals surface area contributed by atoms with Crippen molar-refractivity contribution >= 4 is 39.7 Å². The van der Waals surface area contributed by atoms with E-state index >= 15 is 0 Å². The van der Waals surface area contributed by atoms with E-state index in [2.05, 4.69) is 28.4 Å². The SMILES string of the molecule is O=[S@@]1CCCc2nc(N3CCC=C(c4ccc(Cl)cc4)CC3)nc(NC3(CO)CCC3)c21. The maximum absolute atomic E-state index is 12.9. The van der Waals surface area contributed by atoms with Crippen molar-refractivity contribution in [2.45, 2.75) is 55.4 Å². The highest BCUT2D eigenvalue weighted by Gasteiger charge is 2.38. The van der Waals surface area contributed by atoms with E-state index in [4.69, 9.17) is 21.6 Å². The minimum Gasteiger partial charge on any atom is -0.394 e. The normalized spacial score (nSPS) is 22.4. The fraction of sp³-hybridized carbons (Fsp3) is 0.500. The number of aryl methyl sites for hydroxylation is 1. The highest BCUT2D eigenvalue weighted by molar-refractivity contribution is 7.85. The van der Waals surface area contributed by atoms with Gasteiger partial charge in [-0.05, 0) is 68.2 Å². The van der Waals surface area contributed by atoms with Crippen LogP contribution in [-0.4, -0.2) is 50.3 Å². The molecule has 0 spiro atoms. The molecule has 2 aromatic rings.